The number of aromatic amines is 1. The second-order valence-corrected chi connectivity index (χ2v) is 6.51. The minimum atomic E-state index is -3.39. The molecule has 3 rings (SSSR count). The highest BCUT2D eigenvalue weighted by atomic mass is 32.2. The summed E-state index contributed by atoms with van der Waals surface area (Å²) in [4.78, 5) is 0. The molecule has 1 heterocycles. The molecular weight excluding hydrogens is 226 g/mol. The van der Waals surface area contributed by atoms with Gasteiger partial charge in [0.1, 0.15) is 0 Å². The first-order valence-corrected chi connectivity index (χ1v) is 7.15. The molecule has 16 heavy (non-hydrogen) atoms. The van der Waals surface area contributed by atoms with Crippen molar-refractivity contribution in [2.45, 2.75) is 36.8 Å². The number of nitrogens with zero attached hydrogens (tertiary/aromatic N) is 1. The predicted octanol–water partition coefficient (Wildman–Crippen LogP) is 0.877. The fourth-order valence-corrected chi connectivity index (χ4v) is 4.27. The number of nitrogens with one attached hydrogen (secondary N) is 2. The van der Waals surface area contributed by atoms with E-state index in [9.17, 15) is 8.42 Å². The number of hydrogen-bond acceptors (Lipinski definition) is 3. The van der Waals surface area contributed by atoms with Crippen LogP contribution < -0.4 is 4.72 Å². The molecule has 2 bridgehead atoms. The summed E-state index contributed by atoms with van der Waals surface area (Å²) >= 11 is 0. The van der Waals surface area contributed by atoms with E-state index in [-0.39, 0.29) is 11.1 Å². The Balaban J connectivity index is 1.76. The van der Waals surface area contributed by atoms with Gasteiger partial charge < -0.3 is 0 Å². The van der Waals surface area contributed by atoms with Crippen LogP contribution in [0.25, 0.3) is 0 Å². The molecule has 2 N–H and O–H groups in total. The van der Waals surface area contributed by atoms with Crippen LogP contribution in [0.3, 0.4) is 0 Å². The summed E-state index contributed by atoms with van der Waals surface area (Å²) in [6.07, 6.45) is 6.08. The van der Waals surface area contributed by atoms with Crippen LogP contribution in [0.5, 0.6) is 0 Å². The number of aromatic nitrogens is 2. The van der Waals surface area contributed by atoms with Crippen LogP contribution in [-0.2, 0) is 10.0 Å². The molecule has 0 aromatic carbocycles. The molecule has 3 atom stereocenters. The zero-order valence-electron chi connectivity index (χ0n) is 8.89. The molecule has 5 nitrogen and oxygen atoms in total. The van der Waals surface area contributed by atoms with Gasteiger partial charge in [0, 0.05) is 6.04 Å². The van der Waals surface area contributed by atoms with Crippen LogP contribution in [0, 0.1) is 11.8 Å². The van der Waals surface area contributed by atoms with Gasteiger partial charge in [0.15, 0.2) is 5.03 Å². The largest absolute Gasteiger partial charge is 0.266 e. The highest BCUT2D eigenvalue weighted by Crippen LogP contribution is 2.44. The second-order valence-electron chi connectivity index (χ2n) is 4.82. The van der Waals surface area contributed by atoms with Crippen LogP contribution in [0.1, 0.15) is 25.7 Å². The van der Waals surface area contributed by atoms with E-state index in [0.29, 0.717) is 5.92 Å². The highest BCUT2D eigenvalue weighted by Gasteiger charge is 2.41. The molecule has 1 aromatic heterocycles. The third-order valence-electron chi connectivity index (χ3n) is 3.81. The Hall–Kier alpha value is -0.880. The van der Waals surface area contributed by atoms with Gasteiger partial charge >= 0.3 is 0 Å². The van der Waals surface area contributed by atoms with Crippen molar-refractivity contribution in [2.24, 2.45) is 11.8 Å². The molecule has 2 saturated carbocycles. The third-order valence-corrected chi connectivity index (χ3v) is 5.23. The van der Waals surface area contributed by atoms with Crippen LogP contribution in [0.2, 0.25) is 0 Å². The highest BCUT2D eigenvalue weighted by molar-refractivity contribution is 7.89. The maximum absolute atomic E-state index is 11.9. The number of fused-ring (bicyclic) bond motifs is 2. The van der Waals surface area contributed by atoms with Crippen molar-refractivity contribution in [1.82, 2.24) is 14.9 Å². The van der Waals surface area contributed by atoms with Gasteiger partial charge in [-0.25, -0.2) is 13.1 Å². The number of sulfonamides is 1. The van der Waals surface area contributed by atoms with Crippen molar-refractivity contribution in [1.29, 1.82) is 0 Å². The average molecular weight is 241 g/mol. The van der Waals surface area contributed by atoms with Crippen LogP contribution >= 0.6 is 0 Å². The lowest BCUT2D eigenvalue weighted by Crippen LogP contribution is -2.38. The van der Waals surface area contributed by atoms with Crippen LogP contribution in [0.15, 0.2) is 17.3 Å². The predicted molar refractivity (Wildman–Crippen MR) is 58.1 cm³/mol. The molecule has 6 heteroatoms. The first kappa shape index (κ1) is 10.3. The summed E-state index contributed by atoms with van der Waals surface area (Å²) in [6.45, 7) is 0. The van der Waals surface area contributed by atoms with Crippen molar-refractivity contribution in [3.63, 3.8) is 0 Å². The first-order valence-electron chi connectivity index (χ1n) is 5.67. The van der Waals surface area contributed by atoms with E-state index in [4.69, 9.17) is 0 Å². The summed E-state index contributed by atoms with van der Waals surface area (Å²) in [5.41, 5.74) is 0. The van der Waals surface area contributed by atoms with Gasteiger partial charge in [-0.1, -0.05) is 6.42 Å². The molecule has 0 amide bonds. The summed E-state index contributed by atoms with van der Waals surface area (Å²) in [5.74, 6) is 1.28. The lowest BCUT2D eigenvalue weighted by molar-refractivity contribution is 0.390. The van der Waals surface area contributed by atoms with Crippen molar-refractivity contribution >= 4 is 10.0 Å². The molecule has 0 saturated heterocycles. The second kappa shape index (κ2) is 3.56. The molecular formula is C10H15N3O2S. The fraction of sp³-hybridized carbons (Fsp3) is 0.700. The van der Waals surface area contributed by atoms with E-state index in [2.05, 4.69) is 14.9 Å². The Bertz CT molecular complexity index is 468. The van der Waals surface area contributed by atoms with E-state index in [0.717, 1.165) is 12.3 Å². The molecule has 0 radical (unpaired) electrons. The van der Waals surface area contributed by atoms with Gasteiger partial charge in [0.25, 0.3) is 10.0 Å². The minimum absolute atomic E-state index is 0.132. The molecule has 2 fully saturated rings. The summed E-state index contributed by atoms with van der Waals surface area (Å²) in [7, 11) is -3.39. The molecule has 2 aliphatic rings. The van der Waals surface area contributed by atoms with E-state index in [1.54, 1.807) is 0 Å². The summed E-state index contributed by atoms with van der Waals surface area (Å²) < 4.78 is 26.7. The van der Waals surface area contributed by atoms with E-state index in [1.165, 1.54) is 31.5 Å². The first-order chi connectivity index (χ1) is 7.65. The van der Waals surface area contributed by atoms with E-state index >= 15 is 0 Å². The maximum Gasteiger partial charge on any atom is 0.257 e. The molecule has 0 spiro atoms. The Morgan fingerprint density at radius 1 is 1.38 bits per heavy atom. The zero-order chi connectivity index (χ0) is 11.2. The molecule has 2 aliphatic carbocycles. The van der Waals surface area contributed by atoms with Crippen LogP contribution in [0.4, 0.5) is 0 Å². The standard InChI is InChI=1S/C10H15N3O2S/c14-16(15,10-3-4-11-12-10)13-9-6-7-1-2-8(9)5-7/h3-4,7-9,13H,1-2,5-6H2,(H,11,12). The van der Waals surface area contributed by atoms with Crippen molar-refractivity contribution in [3.8, 4) is 0 Å². The minimum Gasteiger partial charge on any atom is -0.266 e. The fourth-order valence-electron chi connectivity index (χ4n) is 3.04. The Morgan fingerprint density at radius 3 is 2.81 bits per heavy atom. The van der Waals surface area contributed by atoms with Gasteiger partial charge in [-0.05, 0) is 37.2 Å². The van der Waals surface area contributed by atoms with Crippen molar-refractivity contribution in [3.05, 3.63) is 12.3 Å². The van der Waals surface area contributed by atoms with Gasteiger partial charge in [0.05, 0.1) is 6.20 Å². The average Bonchev–Trinajstić information content (AvgIpc) is 2.94. The maximum atomic E-state index is 11.9. The molecule has 0 aliphatic heterocycles. The number of H-pyrrole nitrogens is 1. The topological polar surface area (TPSA) is 74.8 Å². The van der Waals surface area contributed by atoms with E-state index in [1.807, 2.05) is 0 Å². The van der Waals surface area contributed by atoms with Gasteiger partial charge in [-0.15, -0.1) is 0 Å². The van der Waals surface area contributed by atoms with Gasteiger partial charge in [-0.3, -0.25) is 5.10 Å². The number of hydrogen-bond donors (Lipinski definition) is 2. The molecule has 1 aromatic rings. The smallest absolute Gasteiger partial charge is 0.257 e. The van der Waals surface area contributed by atoms with Gasteiger partial charge in [-0.2, -0.15) is 5.10 Å². The number of rotatable bonds is 3. The Kier molecular flexibility index (Phi) is 2.29. The molecule has 3 unspecified atom stereocenters. The normalized spacial score (nSPS) is 33.4. The third kappa shape index (κ3) is 1.66. The zero-order valence-corrected chi connectivity index (χ0v) is 9.70. The Morgan fingerprint density at radius 2 is 2.25 bits per heavy atom. The Labute approximate surface area is 94.7 Å². The quantitative estimate of drug-likeness (QED) is 0.824. The van der Waals surface area contributed by atoms with E-state index < -0.39 is 10.0 Å². The lowest BCUT2D eigenvalue weighted by atomic mass is 9.96. The van der Waals surface area contributed by atoms with Crippen molar-refractivity contribution in [2.75, 3.05) is 0 Å². The summed E-state index contributed by atoms with van der Waals surface area (Å²) in [6, 6.07) is 1.61. The SMILES string of the molecule is O=S(=O)(NC1CC2CCC1C2)c1ccn[nH]1. The summed E-state index contributed by atoms with van der Waals surface area (Å²) in [5, 5.41) is 6.32. The van der Waals surface area contributed by atoms with Gasteiger partial charge in [0.2, 0.25) is 0 Å². The monoisotopic (exact) mass is 241 g/mol. The lowest BCUT2D eigenvalue weighted by Gasteiger charge is -2.22. The van der Waals surface area contributed by atoms with Crippen molar-refractivity contribution < 1.29 is 8.42 Å². The van der Waals surface area contributed by atoms with Crippen LogP contribution in [-0.4, -0.2) is 24.7 Å². The molecule has 88 valence electrons.